The van der Waals surface area contributed by atoms with Crippen LogP contribution in [0.1, 0.15) is 52.7 Å². The molecule has 0 saturated heterocycles. The maximum Gasteiger partial charge on any atom is 0.146 e. The molecule has 0 radical (unpaired) electrons. The fraction of sp³-hybridized carbons (Fsp3) is 0.450. The summed E-state index contributed by atoms with van der Waals surface area (Å²) in [4.78, 5) is 0. The van der Waals surface area contributed by atoms with Crippen LogP contribution in [0.5, 0.6) is 5.75 Å². The first-order chi connectivity index (χ1) is 11.5. The molecule has 1 atom stereocenters. The zero-order valence-electron chi connectivity index (χ0n) is 15.7. The van der Waals surface area contributed by atoms with E-state index in [-0.39, 0.29) is 22.6 Å². The van der Waals surface area contributed by atoms with E-state index in [2.05, 4.69) is 58.1 Å². The summed E-state index contributed by atoms with van der Waals surface area (Å²) in [6.07, 6.45) is 5.67. The van der Waals surface area contributed by atoms with Crippen molar-refractivity contribution in [2.75, 3.05) is 5.12 Å². The van der Waals surface area contributed by atoms with Crippen molar-refractivity contribution in [2.24, 2.45) is 5.10 Å². The van der Waals surface area contributed by atoms with Gasteiger partial charge in [0.25, 0.3) is 0 Å². The van der Waals surface area contributed by atoms with Crippen LogP contribution >= 0.6 is 11.6 Å². The minimum atomic E-state index is -0.178. The lowest BCUT2D eigenvalue weighted by Crippen LogP contribution is -2.37. The van der Waals surface area contributed by atoms with Crippen LogP contribution in [-0.4, -0.2) is 16.9 Å². The third-order valence-electron chi connectivity index (χ3n) is 4.52. The summed E-state index contributed by atoms with van der Waals surface area (Å²) in [6, 6.07) is 4.08. The Balaban J connectivity index is 2.12. The fourth-order valence-corrected chi connectivity index (χ4v) is 3.14. The molecule has 1 aliphatic carbocycles. The summed E-state index contributed by atoms with van der Waals surface area (Å²) in [6.45, 7) is 12.8. The molecule has 0 fully saturated rings. The molecule has 1 aliphatic heterocycles. The second-order valence-electron chi connectivity index (χ2n) is 8.72. The zero-order valence-corrected chi connectivity index (χ0v) is 16.4. The predicted molar refractivity (Wildman–Crippen MR) is 105 cm³/mol. The van der Waals surface area contributed by atoms with E-state index >= 15 is 0 Å². The molecule has 5 heteroatoms. The summed E-state index contributed by atoms with van der Waals surface area (Å²) in [7, 11) is 0. The molecule has 25 heavy (non-hydrogen) atoms. The van der Waals surface area contributed by atoms with Gasteiger partial charge in [0.05, 0.1) is 11.8 Å². The monoisotopic (exact) mass is 359 g/mol. The van der Waals surface area contributed by atoms with Crippen molar-refractivity contribution in [1.82, 2.24) is 5.43 Å². The second kappa shape index (κ2) is 5.89. The highest BCUT2D eigenvalue weighted by atomic mass is 35.5. The Morgan fingerprint density at radius 3 is 2.40 bits per heavy atom. The molecule has 4 nitrogen and oxygen atoms in total. The molecule has 0 aromatic heterocycles. The molecule has 0 amide bonds. The van der Waals surface area contributed by atoms with Crippen LogP contribution in [-0.2, 0) is 10.8 Å². The molecular formula is C20H26ClN3O. The van der Waals surface area contributed by atoms with Crippen LogP contribution < -0.4 is 10.5 Å². The number of benzene rings is 1. The first-order valence-electron chi connectivity index (χ1n) is 8.55. The third kappa shape index (κ3) is 3.46. The average molecular weight is 360 g/mol. The second-order valence-corrected chi connectivity index (χ2v) is 9.16. The number of anilines is 1. The summed E-state index contributed by atoms with van der Waals surface area (Å²) in [5.41, 5.74) is 6.67. The summed E-state index contributed by atoms with van der Waals surface area (Å²) in [5, 5.41) is 17.9. The molecule has 134 valence electrons. The number of aromatic hydroxyl groups is 1. The smallest absolute Gasteiger partial charge is 0.146 e. The van der Waals surface area contributed by atoms with Crippen molar-refractivity contribution < 1.29 is 5.11 Å². The van der Waals surface area contributed by atoms with Gasteiger partial charge in [0.1, 0.15) is 11.4 Å². The van der Waals surface area contributed by atoms with Gasteiger partial charge in [-0.05, 0) is 34.6 Å². The first kappa shape index (κ1) is 18.0. The highest BCUT2D eigenvalue weighted by molar-refractivity contribution is 6.33. The van der Waals surface area contributed by atoms with Crippen LogP contribution in [0.2, 0.25) is 0 Å². The van der Waals surface area contributed by atoms with Gasteiger partial charge in [-0.2, -0.15) is 15.6 Å². The number of allylic oxidation sites excluding steroid dienone is 2. The average Bonchev–Trinajstić information content (AvgIpc) is 2.87. The zero-order chi connectivity index (χ0) is 18.6. The van der Waals surface area contributed by atoms with Gasteiger partial charge in [-0.25, -0.2) is 0 Å². The Hall–Kier alpha value is -1.78. The lowest BCUT2D eigenvalue weighted by Gasteiger charge is -2.29. The van der Waals surface area contributed by atoms with Crippen molar-refractivity contribution in [3.63, 3.8) is 0 Å². The highest BCUT2D eigenvalue weighted by Crippen LogP contribution is 2.42. The van der Waals surface area contributed by atoms with Gasteiger partial charge < -0.3 is 5.11 Å². The number of phenols is 1. The SMILES string of the molecule is CC(C)(C)c1cc(N2N=C3C=C(Cl)C=CC3N2)c(O)c(C(C)(C)C)c1. The Morgan fingerprint density at radius 2 is 1.80 bits per heavy atom. The quantitative estimate of drug-likeness (QED) is 0.762. The van der Waals surface area contributed by atoms with Crippen molar-refractivity contribution in [1.29, 1.82) is 0 Å². The number of nitrogens with one attached hydrogen (secondary N) is 1. The standard InChI is InChI=1S/C20H26ClN3O/c1-19(2,3)12-9-14(20(4,5)6)18(25)17(10-12)24-22-15-8-7-13(21)11-16(15)23-24/h7-11,15,22,25H,1-6H3. The number of hydrogen-bond donors (Lipinski definition) is 2. The van der Waals surface area contributed by atoms with E-state index in [1.807, 2.05) is 24.3 Å². The first-order valence-corrected chi connectivity index (χ1v) is 8.93. The number of hydrazone groups is 1. The number of rotatable bonds is 1. The lowest BCUT2D eigenvalue weighted by atomic mass is 9.79. The van der Waals surface area contributed by atoms with E-state index in [1.165, 1.54) is 0 Å². The fourth-order valence-electron chi connectivity index (χ4n) is 2.95. The Bertz CT molecular complexity index is 794. The number of phenolic OH excluding ortho intramolecular Hbond substituents is 1. The highest BCUT2D eigenvalue weighted by Gasteiger charge is 2.31. The molecule has 0 saturated carbocycles. The summed E-state index contributed by atoms with van der Waals surface area (Å²) >= 11 is 6.08. The van der Waals surface area contributed by atoms with Crippen LogP contribution in [0.15, 0.2) is 40.5 Å². The Kier molecular flexibility index (Phi) is 4.25. The molecule has 1 aromatic carbocycles. The van der Waals surface area contributed by atoms with Crippen LogP contribution in [0.3, 0.4) is 0 Å². The minimum Gasteiger partial charge on any atom is -0.505 e. The maximum absolute atomic E-state index is 11.0. The van der Waals surface area contributed by atoms with Gasteiger partial charge in [-0.3, -0.25) is 0 Å². The van der Waals surface area contributed by atoms with Gasteiger partial charge in [0.15, 0.2) is 0 Å². The van der Waals surface area contributed by atoms with Gasteiger partial charge in [-0.15, -0.1) is 0 Å². The molecule has 2 aliphatic rings. The van der Waals surface area contributed by atoms with Crippen LogP contribution in [0.25, 0.3) is 0 Å². The van der Waals surface area contributed by atoms with Crippen molar-refractivity contribution in [3.8, 4) is 5.75 Å². The van der Waals surface area contributed by atoms with Crippen molar-refractivity contribution in [2.45, 2.75) is 58.4 Å². The van der Waals surface area contributed by atoms with E-state index in [0.29, 0.717) is 10.7 Å². The molecule has 1 aromatic rings. The van der Waals surface area contributed by atoms with Crippen LogP contribution in [0, 0.1) is 0 Å². The predicted octanol–water partition coefficient (Wildman–Crippen LogP) is 4.73. The van der Waals surface area contributed by atoms with E-state index in [9.17, 15) is 5.11 Å². The van der Waals surface area contributed by atoms with Crippen molar-refractivity contribution >= 4 is 23.0 Å². The minimum absolute atomic E-state index is 0.0294. The van der Waals surface area contributed by atoms with Gasteiger partial charge >= 0.3 is 0 Å². The number of hydrogen-bond acceptors (Lipinski definition) is 4. The number of halogens is 1. The maximum atomic E-state index is 11.0. The summed E-state index contributed by atoms with van der Waals surface area (Å²) in [5.74, 6) is 0.259. The largest absolute Gasteiger partial charge is 0.505 e. The molecule has 1 unspecified atom stereocenters. The van der Waals surface area contributed by atoms with E-state index in [1.54, 1.807) is 5.12 Å². The topological polar surface area (TPSA) is 47.9 Å². The van der Waals surface area contributed by atoms with Gasteiger partial charge in [-0.1, -0.05) is 65.3 Å². The molecule has 0 bridgehead atoms. The van der Waals surface area contributed by atoms with Crippen molar-refractivity contribution in [3.05, 3.63) is 46.5 Å². The number of nitrogens with zero attached hydrogens (tertiary/aromatic N) is 2. The molecular weight excluding hydrogens is 334 g/mol. The number of fused-ring (bicyclic) bond motifs is 1. The van der Waals surface area contributed by atoms with Gasteiger partial charge in [0, 0.05) is 10.6 Å². The van der Waals surface area contributed by atoms with E-state index in [4.69, 9.17) is 11.6 Å². The molecule has 0 spiro atoms. The number of hydrazine groups is 1. The Labute approximate surface area is 154 Å². The lowest BCUT2D eigenvalue weighted by molar-refractivity contribution is 0.442. The van der Waals surface area contributed by atoms with E-state index in [0.717, 1.165) is 16.8 Å². The van der Waals surface area contributed by atoms with E-state index < -0.39 is 0 Å². The molecule has 2 N–H and O–H groups in total. The van der Waals surface area contributed by atoms with Crippen LogP contribution in [0.4, 0.5) is 5.69 Å². The van der Waals surface area contributed by atoms with Gasteiger partial charge in [0.2, 0.25) is 0 Å². The molecule has 3 rings (SSSR count). The Morgan fingerprint density at radius 1 is 1.12 bits per heavy atom. The normalized spacial score (nSPS) is 20.4. The third-order valence-corrected chi connectivity index (χ3v) is 4.76. The summed E-state index contributed by atoms with van der Waals surface area (Å²) < 4.78 is 0. The molecule has 1 heterocycles.